The second kappa shape index (κ2) is 8.37. The third-order valence-electron chi connectivity index (χ3n) is 5.04. The number of methoxy groups -OCH3 is 3. The molecular formula is C24H22N2O4. The zero-order valence-corrected chi connectivity index (χ0v) is 17.1. The van der Waals surface area contributed by atoms with Crippen LogP contribution >= 0.6 is 0 Å². The lowest BCUT2D eigenvalue weighted by Gasteiger charge is -2.13. The van der Waals surface area contributed by atoms with Crippen LogP contribution in [0.25, 0.3) is 0 Å². The molecule has 6 heteroatoms. The van der Waals surface area contributed by atoms with E-state index < -0.39 is 0 Å². The van der Waals surface area contributed by atoms with Crippen LogP contribution in [0, 0.1) is 0 Å². The zero-order valence-electron chi connectivity index (χ0n) is 17.1. The number of carbonyl (C=O) groups excluding carboxylic acids is 1. The van der Waals surface area contributed by atoms with Gasteiger partial charge < -0.3 is 14.2 Å². The van der Waals surface area contributed by atoms with E-state index in [0.717, 1.165) is 23.5 Å². The summed E-state index contributed by atoms with van der Waals surface area (Å²) in [5, 5.41) is 0. The number of ketones is 1. The molecule has 0 amide bonds. The molecule has 0 aliphatic carbocycles. The maximum atomic E-state index is 12.9. The standard InChI is InChI=1S/C24H22N2O4/c1-28-22-12-16(13-23(29-2)24(22)30-3)21(27)14-17-8-6-10-19(25-17)20-11-15-7-4-5-9-18(15)26-20/h4-10,12-13H,11,14H2,1-3H3. The summed E-state index contributed by atoms with van der Waals surface area (Å²) in [5.74, 6) is 1.26. The third kappa shape index (κ3) is 3.76. The fourth-order valence-electron chi connectivity index (χ4n) is 3.53. The predicted molar refractivity (Wildman–Crippen MR) is 115 cm³/mol. The van der Waals surface area contributed by atoms with E-state index in [2.05, 4.69) is 16.0 Å². The van der Waals surface area contributed by atoms with Crippen LogP contribution in [0.5, 0.6) is 17.2 Å². The van der Waals surface area contributed by atoms with Gasteiger partial charge >= 0.3 is 0 Å². The average Bonchev–Trinajstić information content (AvgIpc) is 3.22. The minimum Gasteiger partial charge on any atom is -0.493 e. The van der Waals surface area contributed by atoms with E-state index in [1.54, 1.807) is 12.1 Å². The quantitative estimate of drug-likeness (QED) is 0.554. The number of pyridine rings is 1. The van der Waals surface area contributed by atoms with Gasteiger partial charge in [-0.15, -0.1) is 0 Å². The normalized spacial score (nSPS) is 12.2. The number of aliphatic imine (C=N–C) groups is 1. The summed E-state index contributed by atoms with van der Waals surface area (Å²) < 4.78 is 16.0. The summed E-state index contributed by atoms with van der Waals surface area (Å²) in [6.07, 6.45) is 0.903. The second-order valence-electron chi connectivity index (χ2n) is 6.89. The first-order chi connectivity index (χ1) is 14.6. The van der Waals surface area contributed by atoms with Crippen molar-refractivity contribution in [1.29, 1.82) is 0 Å². The smallest absolute Gasteiger partial charge is 0.203 e. The van der Waals surface area contributed by atoms with Crippen LogP contribution in [0.4, 0.5) is 5.69 Å². The highest BCUT2D eigenvalue weighted by molar-refractivity contribution is 6.05. The Morgan fingerprint density at radius 2 is 1.67 bits per heavy atom. The molecule has 0 saturated carbocycles. The van der Waals surface area contributed by atoms with Crippen molar-refractivity contribution in [2.24, 2.45) is 4.99 Å². The third-order valence-corrected chi connectivity index (χ3v) is 5.04. The SMILES string of the molecule is COc1cc(C(=O)Cc2cccc(C3=Nc4ccccc4C3)n2)cc(OC)c1OC. The molecule has 0 atom stereocenters. The molecule has 1 aromatic heterocycles. The Kier molecular flexibility index (Phi) is 5.48. The van der Waals surface area contributed by atoms with Gasteiger partial charge in [-0.1, -0.05) is 24.3 Å². The first kappa shape index (κ1) is 19.6. The first-order valence-corrected chi connectivity index (χ1v) is 9.58. The van der Waals surface area contributed by atoms with Gasteiger partial charge in [0.2, 0.25) is 5.75 Å². The number of hydrogen-bond acceptors (Lipinski definition) is 6. The molecule has 2 heterocycles. The first-order valence-electron chi connectivity index (χ1n) is 9.58. The van der Waals surface area contributed by atoms with E-state index in [0.29, 0.717) is 28.5 Å². The minimum absolute atomic E-state index is 0.0875. The van der Waals surface area contributed by atoms with Gasteiger partial charge in [-0.2, -0.15) is 0 Å². The molecule has 0 saturated heterocycles. The zero-order chi connectivity index (χ0) is 21.1. The van der Waals surface area contributed by atoms with Crippen molar-refractivity contribution in [1.82, 2.24) is 4.98 Å². The van der Waals surface area contributed by atoms with E-state index in [1.165, 1.54) is 26.9 Å². The number of Topliss-reactive ketones (excluding diaryl/α,β-unsaturated/α-hetero) is 1. The summed E-state index contributed by atoms with van der Waals surface area (Å²) >= 11 is 0. The number of hydrogen-bond donors (Lipinski definition) is 0. The molecule has 30 heavy (non-hydrogen) atoms. The van der Waals surface area contributed by atoms with Gasteiger partial charge in [0, 0.05) is 17.7 Å². The summed E-state index contributed by atoms with van der Waals surface area (Å²) in [5.41, 5.74) is 5.04. The van der Waals surface area contributed by atoms with Crippen LogP contribution in [-0.2, 0) is 12.8 Å². The lowest BCUT2D eigenvalue weighted by molar-refractivity contribution is 0.0991. The van der Waals surface area contributed by atoms with Gasteiger partial charge in [-0.05, 0) is 35.9 Å². The van der Waals surface area contributed by atoms with Gasteiger partial charge in [0.1, 0.15) is 0 Å². The number of carbonyl (C=O) groups is 1. The summed E-state index contributed by atoms with van der Waals surface area (Å²) in [7, 11) is 4.58. The Morgan fingerprint density at radius 1 is 0.933 bits per heavy atom. The van der Waals surface area contributed by atoms with Gasteiger partial charge in [0.15, 0.2) is 17.3 Å². The predicted octanol–water partition coefficient (Wildman–Crippen LogP) is 4.21. The fourth-order valence-corrected chi connectivity index (χ4v) is 3.53. The number of fused-ring (bicyclic) bond motifs is 1. The van der Waals surface area contributed by atoms with E-state index in [9.17, 15) is 4.79 Å². The van der Waals surface area contributed by atoms with Crippen LogP contribution in [0.1, 0.15) is 27.3 Å². The van der Waals surface area contributed by atoms with Gasteiger partial charge in [0.05, 0.1) is 44.8 Å². The molecule has 0 fully saturated rings. The van der Waals surface area contributed by atoms with Crippen LogP contribution in [0.2, 0.25) is 0 Å². The Hall–Kier alpha value is -3.67. The van der Waals surface area contributed by atoms with Crippen LogP contribution in [-0.4, -0.2) is 37.8 Å². The summed E-state index contributed by atoms with van der Waals surface area (Å²) in [6, 6.07) is 17.1. The van der Waals surface area contributed by atoms with Crippen molar-refractivity contribution >= 4 is 17.2 Å². The lowest BCUT2D eigenvalue weighted by atomic mass is 10.0. The number of aromatic nitrogens is 1. The minimum atomic E-state index is -0.0875. The molecule has 0 radical (unpaired) electrons. The molecule has 6 nitrogen and oxygen atoms in total. The number of rotatable bonds is 7. The van der Waals surface area contributed by atoms with E-state index in [4.69, 9.17) is 14.2 Å². The maximum Gasteiger partial charge on any atom is 0.203 e. The molecule has 0 N–H and O–H groups in total. The van der Waals surface area contributed by atoms with Crippen molar-refractivity contribution in [3.05, 3.63) is 77.1 Å². The molecule has 1 aliphatic heterocycles. The molecule has 0 bridgehead atoms. The Balaban J connectivity index is 1.57. The highest BCUT2D eigenvalue weighted by Crippen LogP contribution is 2.38. The molecule has 0 spiro atoms. The van der Waals surface area contributed by atoms with Gasteiger partial charge in [0.25, 0.3) is 0 Å². The largest absolute Gasteiger partial charge is 0.493 e. The number of ether oxygens (including phenoxy) is 3. The van der Waals surface area contributed by atoms with E-state index in [1.807, 2.05) is 36.4 Å². The summed E-state index contributed by atoms with van der Waals surface area (Å²) in [4.78, 5) is 22.3. The molecule has 3 aromatic rings. The number of benzene rings is 2. The van der Waals surface area contributed by atoms with Gasteiger partial charge in [-0.25, -0.2) is 0 Å². The molecular weight excluding hydrogens is 380 g/mol. The van der Waals surface area contributed by atoms with Crippen molar-refractivity contribution < 1.29 is 19.0 Å². The van der Waals surface area contributed by atoms with Crippen LogP contribution in [0.3, 0.4) is 0 Å². The Morgan fingerprint density at radius 3 is 2.33 bits per heavy atom. The topological polar surface area (TPSA) is 70.0 Å². The second-order valence-corrected chi connectivity index (χ2v) is 6.89. The Labute approximate surface area is 175 Å². The highest BCUT2D eigenvalue weighted by Gasteiger charge is 2.19. The fraction of sp³-hybridized carbons (Fsp3) is 0.208. The van der Waals surface area contributed by atoms with Crippen molar-refractivity contribution in [3.8, 4) is 17.2 Å². The molecule has 0 unspecified atom stereocenters. The summed E-state index contributed by atoms with van der Waals surface area (Å²) in [6.45, 7) is 0. The van der Waals surface area contributed by atoms with Gasteiger partial charge in [-0.3, -0.25) is 14.8 Å². The van der Waals surface area contributed by atoms with Crippen LogP contribution in [0.15, 0.2) is 59.6 Å². The average molecular weight is 402 g/mol. The lowest BCUT2D eigenvalue weighted by Crippen LogP contribution is -2.10. The molecule has 4 rings (SSSR count). The van der Waals surface area contributed by atoms with E-state index in [-0.39, 0.29) is 12.2 Å². The monoisotopic (exact) mass is 402 g/mol. The van der Waals surface area contributed by atoms with Crippen molar-refractivity contribution in [3.63, 3.8) is 0 Å². The Bertz CT molecular complexity index is 1110. The number of nitrogens with zero attached hydrogens (tertiary/aromatic N) is 2. The van der Waals surface area contributed by atoms with E-state index >= 15 is 0 Å². The molecule has 152 valence electrons. The van der Waals surface area contributed by atoms with Crippen molar-refractivity contribution in [2.45, 2.75) is 12.8 Å². The molecule has 1 aliphatic rings. The highest BCUT2D eigenvalue weighted by atomic mass is 16.5. The maximum absolute atomic E-state index is 12.9. The van der Waals surface area contributed by atoms with Crippen molar-refractivity contribution in [2.75, 3.05) is 21.3 Å². The number of para-hydroxylation sites is 1. The van der Waals surface area contributed by atoms with Crippen LogP contribution < -0.4 is 14.2 Å². The molecule has 2 aromatic carbocycles.